The van der Waals surface area contributed by atoms with Gasteiger partial charge in [-0.25, -0.2) is 4.52 Å². The van der Waals surface area contributed by atoms with E-state index < -0.39 is 23.4 Å². The molecule has 0 fully saturated rings. The molecule has 12 heteroatoms. The van der Waals surface area contributed by atoms with Crippen LogP contribution in [0.15, 0.2) is 59.8 Å². The number of nitriles is 1. The maximum Gasteiger partial charge on any atom is 0.252 e. The Morgan fingerprint density at radius 3 is 2.67 bits per heavy atom. The maximum absolute atomic E-state index is 13.7. The average molecular weight is 562 g/mol. The first-order valence-electron chi connectivity index (χ1n) is 12.5. The number of halogens is 1. The molecular formula is C28H28ClN7O4. The normalized spacial score (nSPS) is 12.5. The second kappa shape index (κ2) is 12.0. The molecule has 0 saturated carbocycles. The van der Waals surface area contributed by atoms with E-state index in [9.17, 15) is 19.6 Å². The maximum atomic E-state index is 13.7. The van der Waals surface area contributed by atoms with Gasteiger partial charge in [0.05, 0.1) is 42.2 Å². The number of anilines is 1. The number of nitrogens with one attached hydrogen (secondary N) is 1. The molecule has 2 amide bonds. The van der Waals surface area contributed by atoms with Crippen molar-refractivity contribution >= 4 is 34.6 Å². The third kappa shape index (κ3) is 5.68. The molecule has 11 nitrogen and oxygen atoms in total. The van der Waals surface area contributed by atoms with Crippen LogP contribution in [0.2, 0.25) is 5.02 Å². The predicted molar refractivity (Wildman–Crippen MR) is 151 cm³/mol. The number of nitrogens with two attached hydrogens (primary N) is 2. The summed E-state index contributed by atoms with van der Waals surface area (Å²) in [5.41, 5.74) is 12.9. The summed E-state index contributed by atoms with van der Waals surface area (Å²) in [5.74, 6) is -1.11. The summed E-state index contributed by atoms with van der Waals surface area (Å²) < 4.78 is 8.39. The molecule has 0 unspecified atom stereocenters. The van der Waals surface area contributed by atoms with E-state index >= 15 is 0 Å². The van der Waals surface area contributed by atoms with Crippen LogP contribution in [0.4, 0.5) is 5.69 Å². The van der Waals surface area contributed by atoms with Gasteiger partial charge in [-0.3, -0.25) is 19.0 Å². The lowest BCUT2D eigenvalue weighted by molar-refractivity contribution is -0.120. The average Bonchev–Trinajstić information content (AvgIpc) is 3.36. The number of fused-ring (bicyclic) bond motifs is 1. The van der Waals surface area contributed by atoms with Crippen LogP contribution in [-0.2, 0) is 4.79 Å². The van der Waals surface area contributed by atoms with Crippen LogP contribution >= 0.6 is 11.6 Å². The number of ether oxygens (including phenoxy) is 1. The summed E-state index contributed by atoms with van der Waals surface area (Å²) in [4.78, 5) is 39.0. The molecule has 0 saturated heterocycles. The molecule has 0 spiro atoms. The molecule has 5 N–H and O–H groups in total. The van der Waals surface area contributed by atoms with Gasteiger partial charge in [0.2, 0.25) is 5.91 Å². The molecule has 0 radical (unpaired) electrons. The van der Waals surface area contributed by atoms with Crippen LogP contribution in [-0.4, -0.2) is 39.7 Å². The summed E-state index contributed by atoms with van der Waals surface area (Å²) >= 11 is 6.18. The fraction of sp³-hybridized carbons (Fsp3) is 0.250. The number of pyridine rings is 2. The number of benzene rings is 1. The number of carbonyl (C=O) groups is 2. The molecule has 1 aromatic carbocycles. The number of primary amides is 1. The largest absolute Gasteiger partial charge is 0.495 e. The summed E-state index contributed by atoms with van der Waals surface area (Å²) in [7, 11) is 1.44. The highest BCUT2D eigenvalue weighted by molar-refractivity contribution is 6.31. The van der Waals surface area contributed by atoms with E-state index in [1.54, 1.807) is 36.5 Å². The second-order valence-electron chi connectivity index (χ2n) is 9.31. The van der Waals surface area contributed by atoms with Gasteiger partial charge < -0.3 is 21.5 Å². The Morgan fingerprint density at radius 1 is 1.23 bits per heavy atom. The zero-order valence-corrected chi connectivity index (χ0v) is 22.7. The van der Waals surface area contributed by atoms with Crippen molar-refractivity contribution in [1.29, 1.82) is 5.26 Å². The molecule has 3 heterocycles. The van der Waals surface area contributed by atoms with E-state index in [-0.39, 0.29) is 17.2 Å². The molecule has 0 aliphatic rings. The van der Waals surface area contributed by atoms with E-state index in [2.05, 4.69) is 16.5 Å². The minimum atomic E-state index is -0.937. The third-order valence-electron chi connectivity index (χ3n) is 6.68. The smallest absolute Gasteiger partial charge is 0.252 e. The van der Waals surface area contributed by atoms with Crippen molar-refractivity contribution in [2.24, 2.45) is 17.4 Å². The molecule has 3 aromatic heterocycles. The minimum absolute atomic E-state index is 0.207. The fourth-order valence-electron chi connectivity index (χ4n) is 4.68. The van der Waals surface area contributed by atoms with Gasteiger partial charge in [-0.05, 0) is 55.6 Å². The standard InChI is InChI=1S/C28H28ClN7O4/c1-16(4-3-8-30)26(28(39)34-19-7-9-36-23(11-19)22(14-33-36)27(32)38)35-15-24(40-2)21(12-25(35)37)20-10-18(29)6-5-17(20)13-31/h5-7,9-12,14-16,26H,3-4,8,30H2,1-2H3,(H2,32,38)(H,34,39)/t16-,26-/m0/s1. The van der Waals surface area contributed by atoms with E-state index in [4.69, 9.17) is 27.8 Å². The number of amides is 2. The van der Waals surface area contributed by atoms with Crippen LogP contribution in [0.3, 0.4) is 0 Å². The van der Waals surface area contributed by atoms with Gasteiger partial charge in [0, 0.05) is 34.1 Å². The van der Waals surface area contributed by atoms with Crippen LogP contribution in [0, 0.1) is 17.2 Å². The SMILES string of the molecule is COc1cn([C@H](C(=O)Nc2ccn3ncc(C(N)=O)c3c2)[C@@H](C)CCCN)c(=O)cc1-c1cc(Cl)ccc1C#N. The van der Waals surface area contributed by atoms with Crippen molar-refractivity contribution in [1.82, 2.24) is 14.2 Å². The van der Waals surface area contributed by atoms with Gasteiger partial charge >= 0.3 is 0 Å². The highest BCUT2D eigenvalue weighted by atomic mass is 35.5. The minimum Gasteiger partial charge on any atom is -0.495 e. The number of methoxy groups -OCH3 is 1. The first kappa shape index (κ1) is 28.4. The van der Waals surface area contributed by atoms with Crippen molar-refractivity contribution in [3.05, 3.63) is 81.5 Å². The Labute approximate surface area is 234 Å². The number of hydrogen-bond acceptors (Lipinski definition) is 7. The van der Waals surface area contributed by atoms with Crippen molar-refractivity contribution in [3.63, 3.8) is 0 Å². The summed E-state index contributed by atoms with van der Waals surface area (Å²) in [5, 5.41) is 16.9. The van der Waals surface area contributed by atoms with Crippen molar-refractivity contribution in [2.45, 2.75) is 25.8 Å². The molecular weight excluding hydrogens is 534 g/mol. The van der Waals surface area contributed by atoms with Crippen LogP contribution in [0.1, 0.15) is 41.7 Å². The highest BCUT2D eigenvalue weighted by Gasteiger charge is 2.29. The van der Waals surface area contributed by atoms with E-state index in [1.807, 2.05) is 6.92 Å². The van der Waals surface area contributed by atoms with Crippen molar-refractivity contribution in [3.8, 4) is 22.9 Å². The highest BCUT2D eigenvalue weighted by Crippen LogP contribution is 2.34. The molecule has 40 heavy (non-hydrogen) atoms. The molecule has 4 aromatic rings. The number of carbonyl (C=O) groups excluding carboxylic acids is 2. The van der Waals surface area contributed by atoms with Crippen molar-refractivity contribution in [2.75, 3.05) is 19.0 Å². The third-order valence-corrected chi connectivity index (χ3v) is 6.92. The zero-order chi connectivity index (χ0) is 29.0. The molecule has 2 atom stereocenters. The lowest BCUT2D eigenvalue weighted by Gasteiger charge is -2.26. The Bertz CT molecular complexity index is 1690. The fourth-order valence-corrected chi connectivity index (χ4v) is 4.85. The van der Waals surface area contributed by atoms with Crippen LogP contribution in [0.5, 0.6) is 5.75 Å². The van der Waals surface area contributed by atoms with Gasteiger partial charge in [-0.2, -0.15) is 10.4 Å². The number of aromatic nitrogens is 3. The van der Waals surface area contributed by atoms with Gasteiger partial charge in [0.1, 0.15) is 11.8 Å². The summed E-state index contributed by atoms with van der Waals surface area (Å²) in [6.45, 7) is 2.29. The lowest BCUT2D eigenvalue weighted by Crippen LogP contribution is -2.37. The van der Waals surface area contributed by atoms with E-state index in [1.165, 1.54) is 34.7 Å². The second-order valence-corrected chi connectivity index (χ2v) is 9.75. The first-order chi connectivity index (χ1) is 19.2. The first-order valence-corrected chi connectivity index (χ1v) is 12.8. The molecule has 0 aliphatic heterocycles. The van der Waals surface area contributed by atoms with Gasteiger partial charge in [-0.15, -0.1) is 0 Å². The van der Waals surface area contributed by atoms with E-state index in [0.29, 0.717) is 52.3 Å². The Balaban J connectivity index is 1.78. The van der Waals surface area contributed by atoms with Crippen LogP contribution < -0.4 is 27.1 Å². The van der Waals surface area contributed by atoms with E-state index in [0.717, 1.165) is 0 Å². The molecule has 0 bridgehead atoms. The number of rotatable bonds is 10. The molecule has 4 rings (SSSR count). The molecule has 0 aliphatic carbocycles. The quantitative estimate of drug-likeness (QED) is 0.266. The van der Waals surface area contributed by atoms with Crippen LogP contribution in [0.25, 0.3) is 16.6 Å². The Morgan fingerprint density at radius 2 is 2.00 bits per heavy atom. The summed E-state index contributed by atoms with van der Waals surface area (Å²) in [6, 6.07) is 10.4. The Hall–Kier alpha value is -4.66. The summed E-state index contributed by atoms with van der Waals surface area (Å²) in [6.07, 6.45) is 5.63. The van der Waals surface area contributed by atoms with Gasteiger partial charge in [-0.1, -0.05) is 18.5 Å². The van der Waals surface area contributed by atoms with Gasteiger partial charge in [0.25, 0.3) is 11.5 Å². The van der Waals surface area contributed by atoms with Crippen molar-refractivity contribution < 1.29 is 14.3 Å². The zero-order valence-electron chi connectivity index (χ0n) is 21.9. The van der Waals surface area contributed by atoms with Gasteiger partial charge in [0.15, 0.2) is 0 Å². The Kier molecular flexibility index (Phi) is 8.52. The number of hydrogen-bond donors (Lipinski definition) is 3. The monoisotopic (exact) mass is 561 g/mol. The number of nitrogens with zero attached hydrogens (tertiary/aromatic N) is 4. The lowest BCUT2D eigenvalue weighted by atomic mass is 9.94. The topological polar surface area (TPSA) is 171 Å². The predicted octanol–water partition coefficient (Wildman–Crippen LogP) is 3.35. The molecule has 206 valence electrons.